The molecule has 0 fully saturated rings. The molecular weight excluding hydrogens is 352 g/mol. The third-order valence-corrected chi connectivity index (χ3v) is 5.03. The lowest BCUT2D eigenvalue weighted by atomic mass is 10.3. The summed E-state index contributed by atoms with van der Waals surface area (Å²) in [6, 6.07) is 4.11. The number of carbonyl (C=O) groups is 1. The molecule has 1 unspecified atom stereocenters. The number of aryl methyl sites for hydroxylation is 4. The monoisotopic (exact) mass is 372 g/mol. The molecule has 9 heteroatoms. The van der Waals surface area contributed by atoms with Crippen molar-refractivity contribution in [3.05, 3.63) is 50.5 Å². The van der Waals surface area contributed by atoms with Crippen LogP contribution in [0.15, 0.2) is 23.0 Å². The van der Waals surface area contributed by atoms with E-state index in [1.54, 1.807) is 17.7 Å². The van der Waals surface area contributed by atoms with E-state index >= 15 is 0 Å². The molecule has 1 atom stereocenters. The highest BCUT2D eigenvalue weighted by Gasteiger charge is 2.20. The van der Waals surface area contributed by atoms with Gasteiger partial charge in [0.1, 0.15) is 6.04 Å². The highest BCUT2D eigenvalue weighted by atomic mass is 32.1. The predicted molar refractivity (Wildman–Crippen MR) is 100 cm³/mol. The second kappa shape index (κ2) is 6.83. The van der Waals surface area contributed by atoms with E-state index < -0.39 is 6.04 Å². The number of rotatable bonds is 4. The molecule has 26 heavy (non-hydrogen) atoms. The summed E-state index contributed by atoms with van der Waals surface area (Å²) in [5.74, 6) is 0.134. The summed E-state index contributed by atoms with van der Waals surface area (Å²) in [7, 11) is 0. The molecule has 0 aliphatic rings. The Balaban J connectivity index is 1.90. The summed E-state index contributed by atoms with van der Waals surface area (Å²) < 4.78 is 2.80. The molecule has 0 bridgehead atoms. The van der Waals surface area contributed by atoms with Crippen LogP contribution in [-0.4, -0.2) is 30.5 Å². The lowest BCUT2D eigenvalue weighted by molar-refractivity contribution is -0.119. The maximum atomic E-state index is 12.5. The van der Waals surface area contributed by atoms with Crippen LogP contribution in [0.4, 0.5) is 5.13 Å². The molecule has 3 heterocycles. The summed E-state index contributed by atoms with van der Waals surface area (Å²) in [4.78, 5) is 30.1. The molecule has 0 aliphatic heterocycles. The number of amides is 1. The third kappa shape index (κ3) is 3.43. The Hall–Kier alpha value is -2.81. The van der Waals surface area contributed by atoms with Gasteiger partial charge in [-0.15, -0.1) is 16.4 Å². The summed E-state index contributed by atoms with van der Waals surface area (Å²) >= 11 is 1.40. The van der Waals surface area contributed by atoms with Crippen molar-refractivity contribution in [2.75, 3.05) is 5.32 Å². The second-order valence-electron chi connectivity index (χ2n) is 6.14. The molecule has 1 N–H and O–H groups in total. The fourth-order valence-corrected chi connectivity index (χ4v) is 3.33. The molecule has 136 valence electrons. The smallest absolute Gasteiger partial charge is 0.267 e. The molecule has 0 aliphatic carbocycles. The van der Waals surface area contributed by atoms with Gasteiger partial charge in [0, 0.05) is 16.6 Å². The van der Waals surface area contributed by atoms with E-state index in [0.717, 1.165) is 26.6 Å². The summed E-state index contributed by atoms with van der Waals surface area (Å²) in [5, 5.41) is 12.0. The maximum absolute atomic E-state index is 12.5. The molecule has 3 rings (SSSR count). The van der Waals surface area contributed by atoms with Crippen molar-refractivity contribution < 1.29 is 4.79 Å². The van der Waals surface area contributed by atoms with Crippen LogP contribution in [0.1, 0.15) is 34.9 Å². The summed E-state index contributed by atoms with van der Waals surface area (Å²) in [6.07, 6.45) is 0. The Morgan fingerprint density at radius 3 is 2.50 bits per heavy atom. The topological polar surface area (TPSA) is 94.7 Å². The van der Waals surface area contributed by atoms with Gasteiger partial charge in [0.25, 0.3) is 11.5 Å². The van der Waals surface area contributed by atoms with Gasteiger partial charge in [-0.25, -0.2) is 14.3 Å². The van der Waals surface area contributed by atoms with Crippen molar-refractivity contribution in [1.82, 2.24) is 24.5 Å². The van der Waals surface area contributed by atoms with Crippen LogP contribution in [0.3, 0.4) is 0 Å². The van der Waals surface area contributed by atoms with Gasteiger partial charge in [0.15, 0.2) is 10.9 Å². The van der Waals surface area contributed by atoms with Gasteiger partial charge in [0.2, 0.25) is 0 Å². The zero-order valence-electron chi connectivity index (χ0n) is 15.3. The quantitative estimate of drug-likeness (QED) is 0.758. The lowest BCUT2D eigenvalue weighted by Crippen LogP contribution is -2.33. The minimum Gasteiger partial charge on any atom is -0.300 e. The van der Waals surface area contributed by atoms with E-state index in [1.165, 1.54) is 17.4 Å². The van der Waals surface area contributed by atoms with Gasteiger partial charge in [-0.3, -0.25) is 9.59 Å². The van der Waals surface area contributed by atoms with Crippen LogP contribution in [0, 0.1) is 27.7 Å². The average molecular weight is 372 g/mol. The standard InChI is InChI=1S/C17H20N6O2S/c1-9-8-10(2)22(20-9)14-6-7-15(24)23(21-14)12(4)16(25)19-17-18-11(3)13(5)26-17/h6-8,12H,1-5H3,(H,18,19,25). The van der Waals surface area contributed by atoms with Crippen molar-refractivity contribution in [2.24, 2.45) is 0 Å². The fourth-order valence-electron chi connectivity index (χ4n) is 2.51. The van der Waals surface area contributed by atoms with Gasteiger partial charge in [-0.1, -0.05) is 0 Å². The predicted octanol–water partition coefficient (Wildman–Crippen LogP) is 2.32. The average Bonchev–Trinajstić information content (AvgIpc) is 3.08. The Kier molecular flexibility index (Phi) is 4.73. The van der Waals surface area contributed by atoms with Gasteiger partial charge in [0.05, 0.1) is 11.4 Å². The molecule has 0 saturated carbocycles. The van der Waals surface area contributed by atoms with E-state index in [4.69, 9.17) is 0 Å². The van der Waals surface area contributed by atoms with Crippen LogP contribution in [0.25, 0.3) is 5.82 Å². The van der Waals surface area contributed by atoms with Crippen LogP contribution in [0.5, 0.6) is 0 Å². The zero-order chi connectivity index (χ0) is 19.0. The SMILES string of the molecule is Cc1cc(C)n(-c2ccc(=O)n(C(C)C(=O)Nc3nc(C)c(C)s3)n2)n1. The molecule has 3 aromatic heterocycles. The van der Waals surface area contributed by atoms with Gasteiger partial charge >= 0.3 is 0 Å². The maximum Gasteiger partial charge on any atom is 0.267 e. The molecular formula is C17H20N6O2S. The van der Waals surface area contributed by atoms with Crippen LogP contribution in [0.2, 0.25) is 0 Å². The normalized spacial score (nSPS) is 12.2. The van der Waals surface area contributed by atoms with Gasteiger partial charge < -0.3 is 5.32 Å². The highest BCUT2D eigenvalue weighted by molar-refractivity contribution is 7.15. The number of hydrogen-bond acceptors (Lipinski definition) is 6. The van der Waals surface area contributed by atoms with Crippen molar-refractivity contribution in [3.8, 4) is 5.82 Å². The largest absolute Gasteiger partial charge is 0.300 e. The van der Waals surface area contributed by atoms with E-state index in [9.17, 15) is 9.59 Å². The van der Waals surface area contributed by atoms with Crippen molar-refractivity contribution in [1.29, 1.82) is 0 Å². The van der Waals surface area contributed by atoms with E-state index in [2.05, 4.69) is 20.5 Å². The van der Waals surface area contributed by atoms with Gasteiger partial charge in [-0.05, 0) is 46.8 Å². The minimum absolute atomic E-state index is 0.348. The van der Waals surface area contributed by atoms with Crippen LogP contribution >= 0.6 is 11.3 Å². The number of anilines is 1. The molecule has 0 spiro atoms. The number of hydrogen-bond donors (Lipinski definition) is 1. The number of carbonyl (C=O) groups excluding carboxylic acids is 1. The van der Waals surface area contributed by atoms with Crippen LogP contribution < -0.4 is 10.9 Å². The first-order chi connectivity index (χ1) is 12.3. The molecule has 0 radical (unpaired) electrons. The van der Waals surface area contributed by atoms with Crippen molar-refractivity contribution in [2.45, 2.75) is 40.7 Å². The Bertz CT molecular complexity index is 1010. The number of nitrogens with zero attached hydrogens (tertiary/aromatic N) is 5. The number of nitrogens with one attached hydrogen (secondary N) is 1. The van der Waals surface area contributed by atoms with Crippen molar-refractivity contribution >= 4 is 22.4 Å². The lowest BCUT2D eigenvalue weighted by Gasteiger charge is -2.14. The van der Waals surface area contributed by atoms with Gasteiger partial charge in [-0.2, -0.15) is 5.10 Å². The molecule has 8 nitrogen and oxygen atoms in total. The Labute approximate surface area is 154 Å². The molecule has 0 saturated heterocycles. The fraction of sp³-hybridized carbons (Fsp3) is 0.353. The van der Waals surface area contributed by atoms with Crippen LogP contribution in [-0.2, 0) is 4.79 Å². The zero-order valence-corrected chi connectivity index (χ0v) is 16.1. The summed E-state index contributed by atoms with van der Waals surface area (Å²) in [5.41, 5.74) is 2.26. The highest BCUT2D eigenvalue weighted by Crippen LogP contribution is 2.22. The molecule has 0 aromatic carbocycles. The third-order valence-electron chi connectivity index (χ3n) is 4.04. The molecule has 1 amide bonds. The Morgan fingerprint density at radius 1 is 1.19 bits per heavy atom. The first-order valence-corrected chi connectivity index (χ1v) is 8.96. The number of aromatic nitrogens is 5. The van der Waals surface area contributed by atoms with E-state index in [0.29, 0.717) is 10.9 Å². The minimum atomic E-state index is -0.788. The summed E-state index contributed by atoms with van der Waals surface area (Å²) in [6.45, 7) is 9.24. The van der Waals surface area contributed by atoms with E-state index in [1.807, 2.05) is 33.8 Å². The number of thiazole rings is 1. The first-order valence-electron chi connectivity index (χ1n) is 8.14. The first kappa shape index (κ1) is 18.0. The Morgan fingerprint density at radius 2 is 1.92 bits per heavy atom. The second-order valence-corrected chi connectivity index (χ2v) is 7.34. The van der Waals surface area contributed by atoms with Crippen molar-refractivity contribution in [3.63, 3.8) is 0 Å². The van der Waals surface area contributed by atoms with E-state index in [-0.39, 0.29) is 11.5 Å². The molecule has 3 aromatic rings.